The largest absolute Gasteiger partial charge is 0.494 e. The van der Waals surface area contributed by atoms with E-state index < -0.39 is 26.0 Å². The monoisotopic (exact) mass is 699 g/mol. The average molecular weight is 700 g/mol. The predicted molar refractivity (Wildman–Crippen MR) is 185 cm³/mol. The number of nitrogens with one attached hydrogen (secondary N) is 1. The maximum Gasteiger partial charge on any atom is 0.265 e. The lowest BCUT2D eigenvalue weighted by Gasteiger charge is -2.29. The molecule has 1 aromatic heterocycles. The molecular weight excluding hydrogens is 658 g/mol. The van der Waals surface area contributed by atoms with E-state index in [9.17, 15) is 21.6 Å². The third-order valence-corrected chi connectivity index (χ3v) is 12.9. The van der Waals surface area contributed by atoms with Crippen molar-refractivity contribution in [1.82, 2.24) is 13.6 Å². The third-order valence-electron chi connectivity index (χ3n) is 9.02. The molecule has 0 bridgehead atoms. The van der Waals surface area contributed by atoms with Crippen LogP contribution in [-0.4, -0.2) is 51.3 Å². The Kier molecular flexibility index (Phi) is 10.4. The number of ether oxygens (including phenoxy) is 1. The van der Waals surface area contributed by atoms with Crippen molar-refractivity contribution in [1.29, 1.82) is 0 Å². The summed E-state index contributed by atoms with van der Waals surface area (Å²) in [5, 5.41) is 1.63. The molecule has 1 amide bonds. The predicted octanol–water partition coefficient (Wildman–Crippen LogP) is 6.79. The van der Waals surface area contributed by atoms with Gasteiger partial charge in [0, 0.05) is 46.8 Å². The van der Waals surface area contributed by atoms with Crippen LogP contribution in [-0.2, 0) is 33.0 Å². The Bertz CT molecular complexity index is 1990. The summed E-state index contributed by atoms with van der Waals surface area (Å²) in [6.07, 6.45) is 3.07. The molecule has 1 aliphatic rings. The van der Waals surface area contributed by atoms with E-state index in [1.165, 1.54) is 28.6 Å². The smallest absolute Gasteiger partial charge is 0.265 e. The van der Waals surface area contributed by atoms with Crippen LogP contribution in [0.5, 0.6) is 5.75 Å². The van der Waals surface area contributed by atoms with Crippen LogP contribution in [0.25, 0.3) is 10.9 Å². The molecule has 0 atom stereocenters. The van der Waals surface area contributed by atoms with E-state index in [1.807, 2.05) is 45.9 Å². The fourth-order valence-corrected chi connectivity index (χ4v) is 8.79. The van der Waals surface area contributed by atoms with Gasteiger partial charge in [-0.2, -0.15) is 4.31 Å². The second-order valence-electron chi connectivity index (χ2n) is 12.4. The van der Waals surface area contributed by atoms with E-state index in [0.717, 1.165) is 69.7 Å². The molecule has 1 N–H and O–H groups in total. The van der Waals surface area contributed by atoms with E-state index in [4.69, 9.17) is 16.3 Å². The number of halogens is 1. The maximum atomic E-state index is 13.2. The fraction of sp³-hybridized carbons (Fsp3) is 0.400. The van der Waals surface area contributed by atoms with Crippen LogP contribution in [0.3, 0.4) is 0 Å². The van der Waals surface area contributed by atoms with Gasteiger partial charge in [0.1, 0.15) is 5.75 Å². The highest BCUT2D eigenvalue weighted by Crippen LogP contribution is 2.30. The lowest BCUT2D eigenvalue weighted by molar-refractivity contribution is 0.0981. The zero-order valence-electron chi connectivity index (χ0n) is 27.5. The minimum atomic E-state index is -4.25. The summed E-state index contributed by atoms with van der Waals surface area (Å²) in [4.78, 5) is 13.0. The number of aryl methyl sites for hydroxylation is 4. The normalized spacial score (nSPS) is 14.9. The second-order valence-corrected chi connectivity index (χ2v) is 16.4. The number of nitrogens with zero attached hydrogens (tertiary/aromatic N) is 2. The van der Waals surface area contributed by atoms with Crippen LogP contribution in [0.2, 0.25) is 5.02 Å². The average Bonchev–Trinajstić information content (AvgIpc) is 3.31. The Morgan fingerprint density at radius 3 is 2.17 bits per heavy atom. The number of carbonyl (C=O) groups is 1. The fourth-order valence-electron chi connectivity index (χ4n) is 6.23. The van der Waals surface area contributed by atoms with E-state index in [-0.39, 0.29) is 15.4 Å². The number of sulfonamides is 2. The number of hydrogen-bond acceptors (Lipinski definition) is 6. The molecule has 47 heavy (non-hydrogen) atoms. The molecule has 252 valence electrons. The van der Waals surface area contributed by atoms with Crippen molar-refractivity contribution >= 4 is 48.5 Å². The van der Waals surface area contributed by atoms with Gasteiger partial charge in [-0.15, -0.1) is 0 Å². The molecule has 0 radical (unpaired) electrons. The van der Waals surface area contributed by atoms with E-state index in [1.54, 1.807) is 12.1 Å². The summed E-state index contributed by atoms with van der Waals surface area (Å²) in [7, 11) is -7.98. The minimum Gasteiger partial charge on any atom is -0.494 e. The van der Waals surface area contributed by atoms with E-state index >= 15 is 0 Å². The molecule has 0 saturated carbocycles. The minimum absolute atomic E-state index is 0.0245. The maximum absolute atomic E-state index is 13.2. The van der Waals surface area contributed by atoms with Gasteiger partial charge < -0.3 is 9.30 Å². The molecule has 2 heterocycles. The van der Waals surface area contributed by atoms with Gasteiger partial charge >= 0.3 is 0 Å². The molecule has 1 saturated heterocycles. The van der Waals surface area contributed by atoms with Crippen LogP contribution in [0.1, 0.15) is 65.9 Å². The van der Waals surface area contributed by atoms with Crippen molar-refractivity contribution in [2.45, 2.75) is 76.6 Å². The van der Waals surface area contributed by atoms with Crippen molar-refractivity contribution < 1.29 is 26.4 Å². The van der Waals surface area contributed by atoms with Crippen LogP contribution in [0, 0.1) is 26.7 Å². The topological polar surface area (TPSA) is 115 Å². The summed E-state index contributed by atoms with van der Waals surface area (Å²) < 4.78 is 64.2. The summed E-state index contributed by atoms with van der Waals surface area (Å²) in [5.74, 6) is 0.489. The summed E-state index contributed by atoms with van der Waals surface area (Å²) >= 11 is 6.28. The highest BCUT2D eigenvalue weighted by atomic mass is 35.5. The molecule has 1 aliphatic heterocycles. The molecular formula is C35H42ClN3O6S2. The first-order valence-electron chi connectivity index (χ1n) is 15.9. The Labute approximate surface area is 283 Å². The number of amides is 1. The summed E-state index contributed by atoms with van der Waals surface area (Å²) in [6.45, 7) is 12.2. The van der Waals surface area contributed by atoms with Crippen molar-refractivity contribution in [3.63, 3.8) is 0 Å². The molecule has 0 unspecified atom stereocenters. The van der Waals surface area contributed by atoms with Gasteiger partial charge in [0.05, 0.1) is 16.4 Å². The van der Waals surface area contributed by atoms with Crippen molar-refractivity contribution in [3.05, 3.63) is 87.6 Å². The Morgan fingerprint density at radius 1 is 0.936 bits per heavy atom. The number of benzene rings is 3. The highest BCUT2D eigenvalue weighted by molar-refractivity contribution is 7.90. The molecule has 0 spiro atoms. The van der Waals surface area contributed by atoms with Gasteiger partial charge in [0.15, 0.2) is 0 Å². The number of aromatic nitrogens is 1. The van der Waals surface area contributed by atoms with Crippen LogP contribution in [0.15, 0.2) is 64.4 Å². The number of rotatable bonds is 11. The standard InChI is InChI=1S/C35H42ClN3O6S2/c1-6-31-26(5)39(16-7-19-45-28-20-24(3)34(36)25(4)21-28)33-13-8-27(22-32(31)33)35(40)37-46(41,42)29-9-11-30(12-10-29)47(43,44)38-17-14-23(2)15-18-38/h8-13,20-23H,6-7,14-19H2,1-5H3,(H,37,40). The van der Waals surface area contributed by atoms with Gasteiger partial charge in [-0.1, -0.05) is 25.4 Å². The summed E-state index contributed by atoms with van der Waals surface area (Å²) in [5.41, 5.74) is 5.28. The van der Waals surface area contributed by atoms with Crippen molar-refractivity contribution in [2.24, 2.45) is 5.92 Å². The zero-order valence-corrected chi connectivity index (χ0v) is 29.9. The lowest BCUT2D eigenvalue weighted by Crippen LogP contribution is -2.37. The van der Waals surface area contributed by atoms with Crippen LogP contribution < -0.4 is 9.46 Å². The highest BCUT2D eigenvalue weighted by Gasteiger charge is 2.29. The van der Waals surface area contributed by atoms with Gasteiger partial charge in [-0.25, -0.2) is 21.6 Å². The van der Waals surface area contributed by atoms with Gasteiger partial charge in [0.2, 0.25) is 10.0 Å². The molecule has 4 aromatic rings. The quantitative estimate of drug-likeness (QED) is 0.173. The van der Waals surface area contributed by atoms with Crippen LogP contribution in [0.4, 0.5) is 0 Å². The van der Waals surface area contributed by atoms with Gasteiger partial charge in [0.25, 0.3) is 15.9 Å². The van der Waals surface area contributed by atoms with Crippen molar-refractivity contribution in [2.75, 3.05) is 19.7 Å². The SMILES string of the molecule is CCc1c(C)n(CCCOc2cc(C)c(Cl)c(C)c2)c2ccc(C(=O)NS(=O)(=O)c3ccc(S(=O)(=O)N4CCC(C)CC4)cc3)cc12. The number of piperidine rings is 1. The molecule has 9 nitrogen and oxygen atoms in total. The lowest BCUT2D eigenvalue weighted by atomic mass is 10.0. The van der Waals surface area contributed by atoms with Crippen LogP contribution >= 0.6 is 11.6 Å². The Morgan fingerprint density at radius 2 is 1.55 bits per heavy atom. The van der Waals surface area contributed by atoms with E-state index in [0.29, 0.717) is 32.2 Å². The second kappa shape index (κ2) is 14.0. The molecule has 0 aliphatic carbocycles. The first-order chi connectivity index (χ1) is 22.2. The molecule has 12 heteroatoms. The Balaban J connectivity index is 1.28. The molecule has 5 rings (SSSR count). The molecule has 1 fully saturated rings. The van der Waals surface area contributed by atoms with Gasteiger partial charge in [-0.05, 0) is 124 Å². The first kappa shape index (κ1) is 34.9. The number of carbonyl (C=O) groups excluding carboxylic acids is 1. The third kappa shape index (κ3) is 7.38. The first-order valence-corrected chi connectivity index (χ1v) is 19.2. The van der Waals surface area contributed by atoms with Crippen molar-refractivity contribution in [3.8, 4) is 5.75 Å². The van der Waals surface area contributed by atoms with Gasteiger partial charge in [-0.3, -0.25) is 4.79 Å². The summed E-state index contributed by atoms with van der Waals surface area (Å²) in [6, 6.07) is 14.1. The number of hydrogen-bond donors (Lipinski definition) is 1. The Hall–Kier alpha value is -3.38. The molecule has 3 aromatic carbocycles. The van der Waals surface area contributed by atoms with E-state index in [2.05, 4.69) is 16.2 Å². The zero-order chi connectivity index (χ0) is 34.1. The number of fused-ring (bicyclic) bond motifs is 1.